The first-order valence-electron chi connectivity index (χ1n) is 7.78. The number of carbonyl (C=O) groups excluding carboxylic acids is 3. The lowest BCUT2D eigenvalue weighted by molar-refractivity contribution is -0.385. The number of benzene rings is 2. The number of methoxy groups -OCH3 is 1. The summed E-state index contributed by atoms with van der Waals surface area (Å²) >= 11 is 0. The van der Waals surface area contributed by atoms with Crippen LogP contribution in [0.2, 0.25) is 0 Å². The largest absolute Gasteiger partial charge is 0.479 e. The van der Waals surface area contributed by atoms with Gasteiger partial charge < -0.3 is 14.8 Å². The summed E-state index contributed by atoms with van der Waals surface area (Å²) in [6, 6.07) is 12.2. The number of aldehydes is 1. The Labute approximate surface area is 154 Å². The molecule has 27 heavy (non-hydrogen) atoms. The first-order valence-corrected chi connectivity index (χ1v) is 7.78. The van der Waals surface area contributed by atoms with Gasteiger partial charge in [-0.2, -0.15) is 0 Å². The topological polar surface area (TPSA) is 125 Å². The average Bonchev–Trinajstić information content (AvgIpc) is 2.67. The van der Waals surface area contributed by atoms with Gasteiger partial charge in [0.1, 0.15) is 11.3 Å². The van der Waals surface area contributed by atoms with Crippen molar-refractivity contribution in [3.8, 4) is 5.75 Å². The lowest BCUT2D eigenvalue weighted by Gasteiger charge is -2.18. The van der Waals surface area contributed by atoms with E-state index in [2.05, 4.69) is 10.1 Å². The van der Waals surface area contributed by atoms with Gasteiger partial charge >= 0.3 is 5.97 Å². The molecule has 0 saturated carbocycles. The minimum Gasteiger partial charge on any atom is -0.479 e. The minimum absolute atomic E-state index is 0.184. The number of hydrogen-bond acceptors (Lipinski definition) is 7. The first-order chi connectivity index (χ1) is 13.0. The fourth-order valence-corrected chi connectivity index (χ4v) is 2.23. The van der Waals surface area contributed by atoms with E-state index < -0.39 is 35.0 Å². The molecule has 0 aliphatic carbocycles. The van der Waals surface area contributed by atoms with E-state index in [1.165, 1.54) is 12.1 Å². The maximum atomic E-state index is 12.5. The Morgan fingerprint density at radius 1 is 1.19 bits per heavy atom. The van der Waals surface area contributed by atoms with Crippen LogP contribution in [-0.4, -0.2) is 36.3 Å². The van der Waals surface area contributed by atoms with Gasteiger partial charge in [0.05, 0.1) is 18.5 Å². The Morgan fingerprint density at radius 3 is 2.48 bits per heavy atom. The van der Waals surface area contributed by atoms with Crippen LogP contribution in [0.25, 0.3) is 0 Å². The molecule has 9 nitrogen and oxygen atoms in total. The van der Waals surface area contributed by atoms with Gasteiger partial charge in [0.15, 0.2) is 12.4 Å². The number of nitrogens with one attached hydrogen (secondary N) is 1. The summed E-state index contributed by atoms with van der Waals surface area (Å²) in [7, 11) is 1.15. The fraction of sp³-hybridized carbons (Fsp3) is 0.167. The summed E-state index contributed by atoms with van der Waals surface area (Å²) < 4.78 is 10.0. The second-order valence-electron chi connectivity index (χ2n) is 5.31. The zero-order chi connectivity index (χ0) is 19.8. The maximum Gasteiger partial charge on any atom is 0.309 e. The molecular formula is C18H16N2O7. The third kappa shape index (κ3) is 5.11. The molecule has 9 heteroatoms. The number of esters is 1. The van der Waals surface area contributed by atoms with Crippen molar-refractivity contribution in [3.63, 3.8) is 0 Å². The number of nitro groups is 1. The van der Waals surface area contributed by atoms with Gasteiger partial charge in [-0.3, -0.25) is 24.5 Å². The number of amides is 1. The predicted octanol–water partition coefficient (Wildman–Crippen LogP) is 2.36. The van der Waals surface area contributed by atoms with Gasteiger partial charge in [0, 0.05) is 11.8 Å². The molecule has 1 unspecified atom stereocenters. The quantitative estimate of drug-likeness (QED) is 0.326. The van der Waals surface area contributed by atoms with E-state index in [0.717, 1.165) is 13.2 Å². The van der Waals surface area contributed by atoms with Gasteiger partial charge in [-0.15, -0.1) is 0 Å². The standard InChI is InChI=1S/C18H16N2O7/c1-26-17(22)10-16(18(23)19-12-6-3-2-4-7-12)27-15-9-5-8-14(20(24)25)13(15)11-21/h2-9,11,16H,10H2,1H3,(H,19,23). The van der Waals surface area contributed by atoms with Crippen molar-refractivity contribution in [2.75, 3.05) is 12.4 Å². The molecule has 1 N–H and O–H groups in total. The smallest absolute Gasteiger partial charge is 0.309 e. The molecule has 0 aliphatic rings. The molecule has 1 atom stereocenters. The van der Waals surface area contributed by atoms with E-state index in [1.807, 2.05) is 0 Å². The molecule has 140 valence electrons. The summed E-state index contributed by atoms with van der Waals surface area (Å²) in [5, 5.41) is 13.6. The summed E-state index contributed by atoms with van der Waals surface area (Å²) in [6.07, 6.45) is -1.55. The van der Waals surface area contributed by atoms with Gasteiger partial charge in [-0.1, -0.05) is 24.3 Å². The summed E-state index contributed by atoms with van der Waals surface area (Å²) in [6.45, 7) is 0. The molecular weight excluding hydrogens is 356 g/mol. The molecule has 0 aromatic heterocycles. The van der Waals surface area contributed by atoms with Crippen LogP contribution in [0.3, 0.4) is 0 Å². The Hall–Kier alpha value is -3.75. The van der Waals surface area contributed by atoms with Crippen LogP contribution in [0.1, 0.15) is 16.8 Å². The number of para-hydroxylation sites is 1. The van der Waals surface area contributed by atoms with E-state index in [1.54, 1.807) is 30.3 Å². The van der Waals surface area contributed by atoms with Crippen LogP contribution in [-0.2, 0) is 14.3 Å². The van der Waals surface area contributed by atoms with E-state index in [9.17, 15) is 24.5 Å². The zero-order valence-electron chi connectivity index (χ0n) is 14.3. The first kappa shape index (κ1) is 19.6. The van der Waals surface area contributed by atoms with Crippen molar-refractivity contribution in [2.24, 2.45) is 0 Å². The highest BCUT2D eigenvalue weighted by Gasteiger charge is 2.27. The van der Waals surface area contributed by atoms with Crippen LogP contribution in [0.15, 0.2) is 48.5 Å². The Bertz CT molecular complexity index is 852. The van der Waals surface area contributed by atoms with Crippen LogP contribution < -0.4 is 10.1 Å². The van der Waals surface area contributed by atoms with Crippen LogP contribution in [0, 0.1) is 10.1 Å². The van der Waals surface area contributed by atoms with Gasteiger partial charge in [-0.05, 0) is 18.2 Å². The van der Waals surface area contributed by atoms with Gasteiger partial charge in [0.25, 0.3) is 11.6 Å². The summed E-state index contributed by atoms with van der Waals surface area (Å²) in [5.74, 6) is -1.58. The van der Waals surface area contributed by atoms with Crippen molar-refractivity contribution in [1.82, 2.24) is 0 Å². The zero-order valence-corrected chi connectivity index (χ0v) is 14.3. The molecule has 0 radical (unpaired) electrons. The molecule has 2 rings (SSSR count). The highest BCUT2D eigenvalue weighted by atomic mass is 16.6. The lowest BCUT2D eigenvalue weighted by Crippen LogP contribution is -2.35. The Kier molecular flexibility index (Phi) is 6.59. The molecule has 0 bridgehead atoms. The van der Waals surface area contributed by atoms with Crippen molar-refractivity contribution in [1.29, 1.82) is 0 Å². The molecule has 1 amide bonds. The lowest BCUT2D eigenvalue weighted by atomic mass is 10.1. The molecule has 0 saturated heterocycles. The van der Waals surface area contributed by atoms with Crippen LogP contribution >= 0.6 is 0 Å². The average molecular weight is 372 g/mol. The van der Waals surface area contributed by atoms with Crippen LogP contribution in [0.5, 0.6) is 5.75 Å². The SMILES string of the molecule is COC(=O)CC(Oc1cccc([N+](=O)[O-])c1C=O)C(=O)Nc1ccccc1. The normalized spacial score (nSPS) is 11.1. The van der Waals surface area contributed by atoms with E-state index in [4.69, 9.17) is 4.74 Å². The van der Waals surface area contributed by atoms with Crippen LogP contribution in [0.4, 0.5) is 11.4 Å². The number of hydrogen-bond donors (Lipinski definition) is 1. The van der Waals surface area contributed by atoms with Gasteiger partial charge in [0.2, 0.25) is 0 Å². The second kappa shape index (κ2) is 9.09. The summed E-state index contributed by atoms with van der Waals surface area (Å²) in [5.41, 5.74) is -0.330. The van der Waals surface area contributed by atoms with Crippen molar-refractivity contribution >= 4 is 29.5 Å². The Balaban J connectivity index is 2.31. The van der Waals surface area contributed by atoms with Crippen molar-refractivity contribution < 1.29 is 28.8 Å². The maximum absolute atomic E-state index is 12.5. The second-order valence-corrected chi connectivity index (χ2v) is 5.31. The minimum atomic E-state index is -1.36. The van der Waals surface area contributed by atoms with E-state index in [-0.39, 0.29) is 17.6 Å². The highest BCUT2D eigenvalue weighted by Crippen LogP contribution is 2.28. The monoisotopic (exact) mass is 372 g/mol. The Morgan fingerprint density at radius 2 is 1.89 bits per heavy atom. The number of nitro benzene ring substituents is 1. The highest BCUT2D eigenvalue weighted by molar-refractivity contribution is 5.96. The summed E-state index contributed by atoms with van der Waals surface area (Å²) in [4.78, 5) is 45.8. The van der Waals surface area contributed by atoms with Gasteiger partial charge in [-0.25, -0.2) is 0 Å². The van der Waals surface area contributed by atoms with Crippen molar-refractivity contribution in [2.45, 2.75) is 12.5 Å². The number of anilines is 1. The van der Waals surface area contributed by atoms with E-state index >= 15 is 0 Å². The molecule has 0 aliphatic heterocycles. The number of rotatable bonds is 8. The molecule has 2 aromatic carbocycles. The van der Waals surface area contributed by atoms with Crippen molar-refractivity contribution in [3.05, 3.63) is 64.2 Å². The number of nitrogens with zero attached hydrogens (tertiary/aromatic N) is 1. The third-order valence-electron chi connectivity index (χ3n) is 3.54. The molecule has 0 heterocycles. The fourth-order valence-electron chi connectivity index (χ4n) is 2.23. The number of ether oxygens (including phenoxy) is 2. The number of carbonyl (C=O) groups is 3. The molecule has 2 aromatic rings. The molecule has 0 spiro atoms. The third-order valence-corrected chi connectivity index (χ3v) is 3.54. The predicted molar refractivity (Wildman–Crippen MR) is 94.6 cm³/mol. The molecule has 0 fully saturated rings. The van der Waals surface area contributed by atoms with E-state index in [0.29, 0.717) is 5.69 Å².